The van der Waals surface area contributed by atoms with Crippen LogP contribution in [-0.4, -0.2) is 20.7 Å². The summed E-state index contributed by atoms with van der Waals surface area (Å²) in [5.41, 5.74) is -3.39. The van der Waals surface area contributed by atoms with Gasteiger partial charge in [-0.05, 0) is 13.3 Å². The monoisotopic (exact) mass is 339 g/mol. The van der Waals surface area contributed by atoms with Gasteiger partial charge in [0.25, 0.3) is 5.69 Å². The van der Waals surface area contributed by atoms with Gasteiger partial charge in [-0.25, -0.2) is 4.79 Å². The second-order valence-corrected chi connectivity index (χ2v) is 4.72. The lowest BCUT2D eigenvalue weighted by atomic mass is 10.0. The molecule has 24 heavy (non-hydrogen) atoms. The molecule has 0 spiro atoms. The van der Waals surface area contributed by atoms with Gasteiger partial charge in [-0.15, -0.1) is 0 Å². The summed E-state index contributed by atoms with van der Waals surface area (Å²) < 4.78 is 4.99. The van der Waals surface area contributed by atoms with Gasteiger partial charge in [-0.2, -0.15) is 0 Å². The summed E-state index contributed by atoms with van der Waals surface area (Å²) in [6, 6.07) is 1.45. The third-order valence-electron chi connectivity index (χ3n) is 3.04. The van der Waals surface area contributed by atoms with Crippen LogP contribution in [0.4, 0.5) is 17.1 Å². The molecule has 11 nitrogen and oxygen atoms in total. The van der Waals surface area contributed by atoms with Crippen molar-refractivity contribution >= 4 is 23.0 Å². The van der Waals surface area contributed by atoms with Crippen molar-refractivity contribution in [3.63, 3.8) is 0 Å². The number of nitro groups is 3. The van der Waals surface area contributed by atoms with Crippen molar-refractivity contribution < 1.29 is 24.3 Å². The van der Waals surface area contributed by atoms with Crippen molar-refractivity contribution in [2.45, 2.75) is 26.4 Å². The smallest absolute Gasteiger partial charge is 0.359 e. The van der Waals surface area contributed by atoms with Gasteiger partial charge in [-0.3, -0.25) is 30.3 Å². The maximum Gasteiger partial charge on any atom is 0.359 e. The third-order valence-corrected chi connectivity index (χ3v) is 3.04. The van der Waals surface area contributed by atoms with Crippen molar-refractivity contribution in [2.24, 2.45) is 0 Å². The van der Waals surface area contributed by atoms with Gasteiger partial charge < -0.3 is 4.74 Å². The fourth-order valence-corrected chi connectivity index (χ4v) is 1.98. The zero-order valence-electron chi connectivity index (χ0n) is 12.8. The molecule has 11 heteroatoms. The minimum absolute atomic E-state index is 0.0239. The Morgan fingerprint density at radius 2 is 1.62 bits per heavy atom. The topological polar surface area (TPSA) is 156 Å². The molecule has 0 heterocycles. The van der Waals surface area contributed by atoms with E-state index in [1.165, 1.54) is 13.8 Å². The number of nitrogens with zero attached hydrogens (tertiary/aromatic N) is 3. The lowest BCUT2D eigenvalue weighted by Crippen LogP contribution is -2.15. The van der Waals surface area contributed by atoms with E-state index in [1.807, 2.05) is 0 Å². The number of rotatable bonds is 7. The normalized spacial score (nSPS) is 11.4. The zero-order chi connectivity index (χ0) is 18.6. The van der Waals surface area contributed by atoms with E-state index in [1.54, 1.807) is 0 Å². The molecule has 1 atom stereocenters. The summed E-state index contributed by atoms with van der Waals surface area (Å²) in [7, 11) is 0. The third kappa shape index (κ3) is 3.69. The first kappa shape index (κ1) is 18.7. The van der Waals surface area contributed by atoms with Crippen molar-refractivity contribution in [3.8, 4) is 0 Å². The van der Waals surface area contributed by atoms with Gasteiger partial charge in [-0.1, -0.05) is 13.5 Å². The Kier molecular flexibility index (Phi) is 5.65. The van der Waals surface area contributed by atoms with Crippen LogP contribution in [0.1, 0.15) is 31.9 Å². The molecule has 0 aliphatic heterocycles. The highest BCUT2D eigenvalue weighted by atomic mass is 16.6. The Balaban J connectivity index is 3.72. The second-order valence-electron chi connectivity index (χ2n) is 4.72. The number of carbonyl (C=O) groups excluding carboxylic acids is 1. The van der Waals surface area contributed by atoms with E-state index in [-0.39, 0.29) is 12.0 Å². The fourth-order valence-electron chi connectivity index (χ4n) is 1.98. The molecule has 1 aromatic carbocycles. The summed E-state index contributed by atoms with van der Waals surface area (Å²) >= 11 is 0. The number of nitro benzene ring substituents is 3. The predicted molar refractivity (Wildman–Crippen MR) is 80.3 cm³/mol. The van der Waals surface area contributed by atoms with E-state index in [2.05, 4.69) is 6.58 Å². The second kappa shape index (κ2) is 7.26. The molecule has 0 saturated heterocycles. The largest absolute Gasteiger partial charge is 0.454 e. The molecule has 0 fully saturated rings. The lowest BCUT2D eigenvalue weighted by molar-refractivity contribution is -0.425. The maximum absolute atomic E-state index is 11.7. The Labute approximate surface area is 135 Å². The first-order valence-corrected chi connectivity index (χ1v) is 6.58. The molecule has 128 valence electrons. The molecule has 0 aliphatic rings. The molecule has 0 saturated carbocycles. The van der Waals surface area contributed by atoms with Gasteiger partial charge >= 0.3 is 17.3 Å². The highest BCUT2D eigenvalue weighted by Gasteiger charge is 2.40. The highest BCUT2D eigenvalue weighted by molar-refractivity contribution is 5.87. The number of ether oxygens (including phenoxy) is 1. The summed E-state index contributed by atoms with van der Waals surface area (Å²) in [4.78, 5) is 42.1. The van der Waals surface area contributed by atoms with Gasteiger partial charge in [0.1, 0.15) is 6.10 Å². The van der Waals surface area contributed by atoms with Crippen LogP contribution >= 0.6 is 0 Å². The molecule has 0 N–H and O–H groups in total. The van der Waals surface area contributed by atoms with Gasteiger partial charge in [0.2, 0.25) is 0 Å². The molecule has 1 rings (SSSR count). The minimum atomic E-state index is -1.41. The van der Waals surface area contributed by atoms with Crippen LogP contribution in [0.3, 0.4) is 0 Å². The van der Waals surface area contributed by atoms with Crippen LogP contribution < -0.4 is 0 Å². The van der Waals surface area contributed by atoms with Crippen molar-refractivity contribution in [1.82, 2.24) is 0 Å². The van der Waals surface area contributed by atoms with Crippen LogP contribution in [0.5, 0.6) is 0 Å². The molecule has 0 aromatic heterocycles. The standard InChI is InChI=1S/C13H13N3O8/c1-4-10(24-13(17)7(2)3)11-8(14(18)19)5-6-9(15(20)21)12(11)16(22)23/h5-6,10H,2,4H2,1,3H3. The quantitative estimate of drug-likeness (QED) is 0.317. The van der Waals surface area contributed by atoms with E-state index in [0.29, 0.717) is 6.07 Å². The van der Waals surface area contributed by atoms with Gasteiger partial charge in [0.05, 0.1) is 14.8 Å². The average molecular weight is 339 g/mol. The molecule has 0 aliphatic carbocycles. The lowest BCUT2D eigenvalue weighted by Gasteiger charge is -2.16. The van der Waals surface area contributed by atoms with E-state index >= 15 is 0 Å². The Morgan fingerprint density at radius 1 is 1.12 bits per heavy atom. The molecule has 1 aromatic rings. The average Bonchev–Trinajstić information content (AvgIpc) is 2.50. The predicted octanol–water partition coefficient (Wildman–Crippen LogP) is 2.98. The van der Waals surface area contributed by atoms with Gasteiger partial charge in [0.15, 0.2) is 5.56 Å². The highest BCUT2D eigenvalue weighted by Crippen LogP contribution is 2.42. The molecule has 1 unspecified atom stereocenters. The van der Waals surface area contributed by atoms with Crippen LogP contribution in [0.15, 0.2) is 24.3 Å². The molecule has 0 amide bonds. The summed E-state index contributed by atoms with van der Waals surface area (Å²) in [6.07, 6.45) is -1.48. The first-order chi connectivity index (χ1) is 11.1. The number of carbonyl (C=O) groups is 1. The van der Waals surface area contributed by atoms with E-state index < -0.39 is 49.5 Å². The summed E-state index contributed by atoms with van der Waals surface area (Å²) in [6.45, 7) is 6.13. The van der Waals surface area contributed by atoms with E-state index in [9.17, 15) is 35.1 Å². The zero-order valence-corrected chi connectivity index (χ0v) is 12.8. The SMILES string of the molecule is C=C(C)C(=O)OC(CC)c1c([N+](=O)[O-])ccc([N+](=O)[O-])c1[N+](=O)[O-]. The summed E-state index contributed by atoms with van der Waals surface area (Å²) in [5, 5.41) is 33.5. The molecular weight excluding hydrogens is 326 g/mol. The molecule has 0 bridgehead atoms. The van der Waals surface area contributed by atoms with Crippen LogP contribution in [0.25, 0.3) is 0 Å². The number of hydrogen-bond acceptors (Lipinski definition) is 8. The Morgan fingerprint density at radius 3 is 2.00 bits per heavy atom. The van der Waals surface area contributed by atoms with Crippen LogP contribution in [0, 0.1) is 30.3 Å². The summed E-state index contributed by atoms with van der Waals surface area (Å²) in [5.74, 6) is -0.919. The fraction of sp³-hybridized carbons (Fsp3) is 0.308. The number of hydrogen-bond donors (Lipinski definition) is 0. The van der Waals surface area contributed by atoms with Crippen molar-refractivity contribution in [1.29, 1.82) is 0 Å². The first-order valence-electron chi connectivity index (χ1n) is 6.58. The Hall–Kier alpha value is -3.37. The van der Waals surface area contributed by atoms with E-state index in [4.69, 9.17) is 4.74 Å². The molecule has 0 radical (unpaired) electrons. The van der Waals surface area contributed by atoms with E-state index in [0.717, 1.165) is 6.07 Å². The maximum atomic E-state index is 11.7. The number of esters is 1. The number of benzene rings is 1. The van der Waals surface area contributed by atoms with Crippen molar-refractivity contribution in [2.75, 3.05) is 0 Å². The van der Waals surface area contributed by atoms with Crippen molar-refractivity contribution in [3.05, 3.63) is 60.2 Å². The van der Waals surface area contributed by atoms with Gasteiger partial charge in [0, 0.05) is 17.7 Å². The Bertz CT molecular complexity index is 743. The minimum Gasteiger partial charge on any atom is -0.454 e. The van der Waals surface area contributed by atoms with Crippen LogP contribution in [0.2, 0.25) is 0 Å². The van der Waals surface area contributed by atoms with Crippen LogP contribution in [-0.2, 0) is 9.53 Å². The molecular formula is C13H13N3O8.